The molecular weight excluding hydrogens is 260 g/mol. The predicted octanol–water partition coefficient (Wildman–Crippen LogP) is 1.27. The lowest BCUT2D eigenvalue weighted by Gasteiger charge is -2.12. The van der Waals surface area contributed by atoms with Crippen LogP contribution in [0.1, 0.15) is 10.4 Å². The third-order valence-electron chi connectivity index (χ3n) is 2.86. The second kappa shape index (κ2) is 5.52. The van der Waals surface area contributed by atoms with E-state index in [2.05, 4.69) is 10.4 Å². The average Bonchev–Trinajstić information content (AvgIpc) is 2.83. The summed E-state index contributed by atoms with van der Waals surface area (Å²) in [6.07, 6.45) is 1.59. The minimum absolute atomic E-state index is 0.308. The van der Waals surface area contributed by atoms with Gasteiger partial charge in [0.15, 0.2) is 11.5 Å². The molecule has 0 atom stereocenters. The summed E-state index contributed by atoms with van der Waals surface area (Å²) in [4.78, 5) is 12.2. The van der Waals surface area contributed by atoms with E-state index in [1.165, 1.54) is 14.2 Å². The maximum Gasteiger partial charge on any atom is 0.259 e. The van der Waals surface area contributed by atoms with Crippen LogP contribution in [0.3, 0.4) is 0 Å². The summed E-state index contributed by atoms with van der Waals surface area (Å²) in [5, 5.41) is 6.69. The Hall–Kier alpha value is -2.70. The molecule has 7 heteroatoms. The molecule has 0 saturated carbocycles. The minimum Gasteiger partial charge on any atom is -0.493 e. The van der Waals surface area contributed by atoms with Gasteiger partial charge in [0.25, 0.3) is 5.91 Å². The number of benzene rings is 1. The summed E-state index contributed by atoms with van der Waals surface area (Å²) in [5.41, 5.74) is 6.49. The zero-order valence-electron chi connectivity index (χ0n) is 11.5. The van der Waals surface area contributed by atoms with E-state index in [9.17, 15) is 4.79 Å². The molecule has 0 saturated heterocycles. The zero-order valence-corrected chi connectivity index (χ0v) is 11.5. The van der Waals surface area contributed by atoms with Gasteiger partial charge >= 0.3 is 0 Å². The van der Waals surface area contributed by atoms with Gasteiger partial charge in [-0.1, -0.05) is 0 Å². The van der Waals surface area contributed by atoms with Crippen molar-refractivity contribution >= 4 is 17.4 Å². The van der Waals surface area contributed by atoms with E-state index in [0.717, 1.165) is 0 Å². The van der Waals surface area contributed by atoms with Crippen LogP contribution in [-0.4, -0.2) is 29.9 Å². The van der Waals surface area contributed by atoms with E-state index in [1.54, 1.807) is 36.1 Å². The first-order valence-electron chi connectivity index (χ1n) is 5.87. The summed E-state index contributed by atoms with van der Waals surface area (Å²) in [6.45, 7) is 0. The smallest absolute Gasteiger partial charge is 0.259 e. The van der Waals surface area contributed by atoms with Gasteiger partial charge in [-0.25, -0.2) is 0 Å². The van der Waals surface area contributed by atoms with E-state index in [4.69, 9.17) is 15.2 Å². The fourth-order valence-electron chi connectivity index (χ4n) is 1.77. The lowest BCUT2D eigenvalue weighted by molar-refractivity contribution is 0.102. The fraction of sp³-hybridized carbons (Fsp3) is 0.231. The van der Waals surface area contributed by atoms with Crippen molar-refractivity contribution in [2.75, 3.05) is 25.3 Å². The standard InChI is InChI=1S/C13H16N4O3/c1-17-12(4-5-15-17)16-13(18)8-6-10(19-2)11(20-3)7-9(8)14/h4-7H,14H2,1-3H3,(H,16,18). The van der Waals surface area contributed by atoms with E-state index >= 15 is 0 Å². The van der Waals surface area contributed by atoms with Crippen molar-refractivity contribution in [3.63, 3.8) is 0 Å². The number of amides is 1. The van der Waals surface area contributed by atoms with Gasteiger partial charge in [-0.3, -0.25) is 9.48 Å². The van der Waals surface area contributed by atoms with Gasteiger partial charge in [0.2, 0.25) is 0 Å². The zero-order chi connectivity index (χ0) is 14.7. The maximum atomic E-state index is 12.2. The Morgan fingerprint density at radius 3 is 2.50 bits per heavy atom. The Morgan fingerprint density at radius 2 is 1.95 bits per heavy atom. The molecule has 3 N–H and O–H groups in total. The molecule has 0 radical (unpaired) electrons. The van der Waals surface area contributed by atoms with Crippen LogP contribution in [0, 0.1) is 0 Å². The third kappa shape index (κ3) is 2.51. The first-order valence-corrected chi connectivity index (χ1v) is 5.87. The van der Waals surface area contributed by atoms with Crippen molar-refractivity contribution in [1.29, 1.82) is 0 Å². The summed E-state index contributed by atoms with van der Waals surface area (Å²) < 4.78 is 11.8. The molecule has 20 heavy (non-hydrogen) atoms. The number of aromatic nitrogens is 2. The van der Waals surface area contributed by atoms with Crippen LogP contribution < -0.4 is 20.5 Å². The first-order chi connectivity index (χ1) is 9.56. The van der Waals surface area contributed by atoms with E-state index in [0.29, 0.717) is 28.6 Å². The second-order valence-corrected chi connectivity index (χ2v) is 4.09. The minimum atomic E-state index is -0.341. The van der Waals surface area contributed by atoms with Crippen LogP contribution in [0.15, 0.2) is 24.4 Å². The molecule has 0 unspecified atom stereocenters. The van der Waals surface area contributed by atoms with Crippen LogP contribution in [0.2, 0.25) is 0 Å². The highest BCUT2D eigenvalue weighted by Gasteiger charge is 2.16. The largest absolute Gasteiger partial charge is 0.493 e. The highest BCUT2D eigenvalue weighted by molar-refractivity contribution is 6.07. The maximum absolute atomic E-state index is 12.2. The number of carbonyl (C=O) groups is 1. The first kappa shape index (κ1) is 13.7. The Bertz CT molecular complexity index is 637. The summed E-state index contributed by atoms with van der Waals surface area (Å²) in [5.74, 6) is 1.15. The molecule has 0 fully saturated rings. The number of nitrogen functional groups attached to an aromatic ring is 1. The van der Waals surface area contributed by atoms with Crippen molar-refractivity contribution in [3.8, 4) is 11.5 Å². The number of nitrogens with one attached hydrogen (secondary N) is 1. The molecule has 2 aromatic rings. The van der Waals surface area contributed by atoms with Gasteiger partial charge in [-0.15, -0.1) is 0 Å². The molecule has 1 aromatic carbocycles. The topological polar surface area (TPSA) is 91.4 Å². The number of hydrogen-bond acceptors (Lipinski definition) is 5. The summed E-state index contributed by atoms with van der Waals surface area (Å²) in [7, 11) is 4.73. The van der Waals surface area contributed by atoms with Gasteiger partial charge in [0.05, 0.1) is 26.0 Å². The molecule has 7 nitrogen and oxygen atoms in total. The number of aryl methyl sites for hydroxylation is 1. The molecule has 1 aromatic heterocycles. The molecule has 0 aliphatic heterocycles. The molecule has 2 rings (SSSR count). The van der Waals surface area contributed by atoms with Gasteiger partial charge in [0, 0.05) is 24.9 Å². The van der Waals surface area contributed by atoms with Crippen LogP contribution in [0.25, 0.3) is 0 Å². The Morgan fingerprint density at radius 1 is 1.30 bits per heavy atom. The van der Waals surface area contributed by atoms with Crippen LogP contribution >= 0.6 is 0 Å². The number of nitrogens with two attached hydrogens (primary N) is 1. The lowest BCUT2D eigenvalue weighted by atomic mass is 10.1. The molecule has 0 aliphatic rings. The Balaban J connectivity index is 2.32. The number of rotatable bonds is 4. The predicted molar refractivity (Wildman–Crippen MR) is 75.1 cm³/mol. The Labute approximate surface area is 116 Å². The molecule has 0 bridgehead atoms. The van der Waals surface area contributed by atoms with E-state index in [1.807, 2.05) is 0 Å². The Kier molecular flexibility index (Phi) is 3.79. The molecule has 106 valence electrons. The number of carbonyl (C=O) groups excluding carboxylic acids is 1. The molecule has 1 heterocycles. The van der Waals surface area contributed by atoms with Gasteiger partial charge in [-0.05, 0) is 6.07 Å². The monoisotopic (exact) mass is 276 g/mol. The summed E-state index contributed by atoms with van der Waals surface area (Å²) >= 11 is 0. The lowest BCUT2D eigenvalue weighted by Crippen LogP contribution is -2.16. The SMILES string of the molecule is COc1cc(N)c(C(=O)Nc2ccnn2C)cc1OC. The summed E-state index contributed by atoms with van der Waals surface area (Å²) in [6, 6.07) is 4.78. The fourth-order valence-corrected chi connectivity index (χ4v) is 1.77. The van der Waals surface area contributed by atoms with Gasteiger partial charge in [-0.2, -0.15) is 5.10 Å². The highest BCUT2D eigenvalue weighted by atomic mass is 16.5. The number of methoxy groups -OCH3 is 2. The van der Waals surface area contributed by atoms with Crippen molar-refractivity contribution in [2.45, 2.75) is 0 Å². The third-order valence-corrected chi connectivity index (χ3v) is 2.86. The van der Waals surface area contributed by atoms with E-state index in [-0.39, 0.29) is 5.91 Å². The second-order valence-electron chi connectivity index (χ2n) is 4.09. The highest BCUT2D eigenvalue weighted by Crippen LogP contribution is 2.32. The van der Waals surface area contributed by atoms with Crippen molar-refractivity contribution in [2.24, 2.45) is 7.05 Å². The van der Waals surface area contributed by atoms with Crippen LogP contribution in [0.5, 0.6) is 11.5 Å². The number of ether oxygens (including phenoxy) is 2. The number of nitrogens with zero attached hydrogens (tertiary/aromatic N) is 2. The van der Waals surface area contributed by atoms with Crippen molar-refractivity contribution in [3.05, 3.63) is 30.0 Å². The van der Waals surface area contributed by atoms with Gasteiger partial charge < -0.3 is 20.5 Å². The van der Waals surface area contributed by atoms with Gasteiger partial charge in [0.1, 0.15) is 5.82 Å². The molecule has 1 amide bonds. The molecular formula is C13H16N4O3. The number of anilines is 2. The van der Waals surface area contributed by atoms with Crippen molar-refractivity contribution < 1.29 is 14.3 Å². The number of hydrogen-bond donors (Lipinski definition) is 2. The molecule has 0 spiro atoms. The van der Waals surface area contributed by atoms with E-state index < -0.39 is 0 Å². The normalized spacial score (nSPS) is 10.2. The average molecular weight is 276 g/mol. The van der Waals surface area contributed by atoms with Crippen LogP contribution in [-0.2, 0) is 7.05 Å². The van der Waals surface area contributed by atoms with Crippen LogP contribution in [0.4, 0.5) is 11.5 Å². The van der Waals surface area contributed by atoms with Crippen molar-refractivity contribution in [1.82, 2.24) is 9.78 Å². The quantitative estimate of drug-likeness (QED) is 0.821. The molecule has 0 aliphatic carbocycles.